The number of aliphatic carboxylic acids is 1. The molecule has 1 saturated heterocycles. The lowest BCUT2D eigenvalue weighted by molar-refractivity contribution is -0.385. The lowest BCUT2D eigenvalue weighted by Crippen LogP contribution is -2.47. The Bertz CT molecular complexity index is 2020. The number of nitro benzene ring substituents is 1. The molecule has 1 heterocycles. The Morgan fingerprint density at radius 2 is 1.52 bits per heavy atom. The molecule has 14 nitrogen and oxygen atoms in total. The Morgan fingerprint density at radius 1 is 0.867 bits per heavy atom. The second kappa shape index (κ2) is 21.9. The third kappa shape index (κ3) is 12.1. The summed E-state index contributed by atoms with van der Waals surface area (Å²) in [4.78, 5) is 107. The van der Waals surface area contributed by atoms with E-state index in [1.54, 1.807) is 37.3 Å². The molecule has 60 heavy (non-hydrogen) atoms. The van der Waals surface area contributed by atoms with E-state index in [-0.39, 0.29) is 56.0 Å². The highest BCUT2D eigenvalue weighted by Crippen LogP contribution is 2.37. The standard InChI is InChI=1S/C46H53N3O11/c1-2-14-33(44(54)39(50)23-24-42(53)47-43(46(56)57)32-19-10-5-11-20-32)25-41(52)38-26-34(60-29-30-15-6-3-7-16-30)28-48(38)45(55)36(31-17-8-4-9-18-31)27-40(51)35-21-12-13-22-37(35)49(58)59/h3,5-7,10-13,15-16,19-22,31,33-34,36,38,43H,2,4,8-9,14,17-18,23-29H2,1H3,(H,47,53)(H,56,57)/t33?,34-,36?,38+,43?/m1/s1. The quantitative estimate of drug-likeness (QED) is 0.0467. The summed E-state index contributed by atoms with van der Waals surface area (Å²) in [7, 11) is 0. The lowest BCUT2D eigenvalue weighted by atomic mass is 9.76. The van der Waals surface area contributed by atoms with E-state index in [4.69, 9.17) is 4.74 Å². The van der Waals surface area contributed by atoms with Crippen molar-refractivity contribution in [2.45, 2.75) is 109 Å². The molecule has 5 rings (SSSR count). The molecule has 1 aliphatic heterocycles. The fourth-order valence-electron chi connectivity index (χ4n) is 8.44. The fourth-order valence-corrected chi connectivity index (χ4v) is 8.44. The van der Waals surface area contributed by atoms with Gasteiger partial charge in [-0.1, -0.05) is 105 Å². The first-order valence-corrected chi connectivity index (χ1v) is 20.8. The van der Waals surface area contributed by atoms with Gasteiger partial charge < -0.3 is 20.1 Å². The number of carbonyl (C=O) groups excluding carboxylic acids is 6. The van der Waals surface area contributed by atoms with Crippen LogP contribution in [0.3, 0.4) is 0 Å². The SMILES string of the molecule is CCCC(CC(=O)[C@@H]1C[C@@H](OCc2ccccc2)CN1C(=O)C(CC(=O)c1ccccc1[N+](=O)[O-])C1CCCCC1)C(=O)C(=O)CCC(=O)NC(C(=O)O)c1ccccc1. The number of ketones is 4. The number of hydrogen-bond donors (Lipinski definition) is 2. The summed E-state index contributed by atoms with van der Waals surface area (Å²) in [6.07, 6.45) is 2.70. The van der Waals surface area contributed by atoms with Crippen LogP contribution in [0.25, 0.3) is 0 Å². The third-order valence-electron chi connectivity index (χ3n) is 11.6. The summed E-state index contributed by atoms with van der Waals surface area (Å²) in [6.45, 7) is 2.07. The molecule has 0 spiro atoms. The molecule has 0 aromatic heterocycles. The van der Waals surface area contributed by atoms with Gasteiger partial charge in [0.05, 0.1) is 29.2 Å². The second-order valence-electron chi connectivity index (χ2n) is 15.8. The minimum atomic E-state index is -1.35. The number of carbonyl (C=O) groups is 7. The number of carboxylic acids is 1. The van der Waals surface area contributed by atoms with Crippen molar-refractivity contribution in [2.75, 3.05) is 6.54 Å². The van der Waals surface area contributed by atoms with Crippen molar-refractivity contribution in [1.82, 2.24) is 10.2 Å². The fraction of sp³-hybridized carbons (Fsp3) is 0.457. The first-order valence-electron chi connectivity index (χ1n) is 20.8. The molecule has 5 atom stereocenters. The van der Waals surface area contributed by atoms with Crippen LogP contribution in [0.5, 0.6) is 0 Å². The number of nitrogens with zero attached hydrogens (tertiary/aromatic N) is 2. The summed E-state index contributed by atoms with van der Waals surface area (Å²) < 4.78 is 6.25. The van der Waals surface area contributed by atoms with E-state index in [1.807, 2.05) is 30.3 Å². The molecule has 0 radical (unpaired) electrons. The molecular weight excluding hydrogens is 771 g/mol. The average Bonchev–Trinajstić information content (AvgIpc) is 3.70. The van der Waals surface area contributed by atoms with Crippen molar-refractivity contribution in [3.63, 3.8) is 0 Å². The maximum absolute atomic E-state index is 14.8. The van der Waals surface area contributed by atoms with Crippen LogP contribution < -0.4 is 5.32 Å². The molecule has 2 N–H and O–H groups in total. The maximum Gasteiger partial charge on any atom is 0.330 e. The number of ether oxygens (including phenoxy) is 1. The molecule has 3 aromatic rings. The topological polar surface area (TPSA) is 207 Å². The van der Waals surface area contributed by atoms with E-state index in [2.05, 4.69) is 5.32 Å². The number of nitrogens with one attached hydrogen (secondary N) is 1. The summed E-state index contributed by atoms with van der Waals surface area (Å²) in [5, 5.41) is 23.9. The zero-order valence-corrected chi connectivity index (χ0v) is 33.9. The van der Waals surface area contributed by atoms with Crippen LogP contribution in [0, 0.1) is 27.9 Å². The van der Waals surface area contributed by atoms with Gasteiger partial charge in [0.2, 0.25) is 17.6 Å². The van der Waals surface area contributed by atoms with E-state index in [0.29, 0.717) is 24.8 Å². The smallest absolute Gasteiger partial charge is 0.330 e. The maximum atomic E-state index is 14.8. The van der Waals surface area contributed by atoms with Gasteiger partial charge in [-0.25, -0.2) is 4.79 Å². The summed E-state index contributed by atoms with van der Waals surface area (Å²) in [6, 6.07) is 20.7. The van der Waals surface area contributed by atoms with Gasteiger partial charge >= 0.3 is 5.97 Å². The van der Waals surface area contributed by atoms with Crippen LogP contribution >= 0.6 is 0 Å². The van der Waals surface area contributed by atoms with E-state index >= 15 is 0 Å². The average molecular weight is 824 g/mol. The number of Topliss-reactive ketones (excluding diaryl/α,β-unsaturated/α-hetero) is 4. The van der Waals surface area contributed by atoms with Crippen LogP contribution in [0.2, 0.25) is 0 Å². The van der Waals surface area contributed by atoms with E-state index in [1.165, 1.54) is 29.2 Å². The van der Waals surface area contributed by atoms with Crippen molar-refractivity contribution >= 4 is 46.6 Å². The monoisotopic (exact) mass is 823 g/mol. The molecule has 1 saturated carbocycles. The zero-order valence-electron chi connectivity index (χ0n) is 33.9. The molecule has 2 aliphatic rings. The van der Waals surface area contributed by atoms with Gasteiger partial charge in [-0.15, -0.1) is 0 Å². The first kappa shape index (κ1) is 45.2. The number of amides is 2. The molecule has 2 fully saturated rings. The highest BCUT2D eigenvalue weighted by atomic mass is 16.6. The van der Waals surface area contributed by atoms with Crippen molar-refractivity contribution in [3.05, 3.63) is 112 Å². The highest BCUT2D eigenvalue weighted by Gasteiger charge is 2.45. The number of hydrogen-bond acceptors (Lipinski definition) is 10. The number of carboxylic acid groups (broad SMARTS) is 1. The molecule has 14 heteroatoms. The summed E-state index contributed by atoms with van der Waals surface area (Å²) in [5.74, 6) is -7.18. The Kier molecular flexibility index (Phi) is 16.5. The van der Waals surface area contributed by atoms with Crippen LogP contribution in [-0.2, 0) is 40.1 Å². The Balaban J connectivity index is 1.33. The van der Waals surface area contributed by atoms with Gasteiger partial charge in [-0.3, -0.25) is 38.9 Å². The molecule has 0 bridgehead atoms. The lowest BCUT2D eigenvalue weighted by Gasteiger charge is -2.34. The Morgan fingerprint density at radius 3 is 2.17 bits per heavy atom. The largest absolute Gasteiger partial charge is 0.479 e. The molecule has 1 aliphatic carbocycles. The zero-order chi connectivity index (χ0) is 43.2. The molecule has 3 unspecified atom stereocenters. The van der Waals surface area contributed by atoms with Crippen LogP contribution in [0.1, 0.15) is 112 Å². The number of rotatable bonds is 22. The molecular formula is C46H53N3O11. The predicted octanol–water partition coefficient (Wildman–Crippen LogP) is 6.79. The number of benzene rings is 3. The van der Waals surface area contributed by atoms with Gasteiger partial charge in [-0.2, -0.15) is 0 Å². The van der Waals surface area contributed by atoms with E-state index in [0.717, 1.165) is 24.8 Å². The molecule has 2 amide bonds. The second-order valence-corrected chi connectivity index (χ2v) is 15.8. The third-order valence-corrected chi connectivity index (χ3v) is 11.6. The minimum Gasteiger partial charge on any atom is -0.479 e. The number of nitro groups is 1. The van der Waals surface area contributed by atoms with Crippen molar-refractivity contribution in [2.24, 2.45) is 17.8 Å². The summed E-state index contributed by atoms with van der Waals surface area (Å²) in [5.41, 5.74) is 0.792. The van der Waals surface area contributed by atoms with Crippen LogP contribution in [-0.4, -0.2) is 74.5 Å². The normalized spacial score (nSPS) is 18.2. The van der Waals surface area contributed by atoms with Crippen LogP contribution in [0.15, 0.2) is 84.9 Å². The van der Waals surface area contributed by atoms with Gasteiger partial charge in [0, 0.05) is 56.6 Å². The Labute approximate surface area is 349 Å². The predicted molar refractivity (Wildman–Crippen MR) is 219 cm³/mol. The van der Waals surface area contributed by atoms with Crippen LogP contribution in [0.4, 0.5) is 5.69 Å². The number of para-hydroxylation sites is 1. The minimum absolute atomic E-state index is 0.0473. The van der Waals surface area contributed by atoms with Crippen molar-refractivity contribution in [3.8, 4) is 0 Å². The van der Waals surface area contributed by atoms with Gasteiger partial charge in [-0.05, 0) is 42.4 Å². The first-order chi connectivity index (χ1) is 28.9. The van der Waals surface area contributed by atoms with Gasteiger partial charge in [0.1, 0.15) is 0 Å². The van der Waals surface area contributed by atoms with Crippen molar-refractivity contribution < 1.29 is 48.3 Å². The highest BCUT2D eigenvalue weighted by molar-refractivity contribution is 6.38. The van der Waals surface area contributed by atoms with Gasteiger partial charge in [0.25, 0.3) is 5.69 Å². The van der Waals surface area contributed by atoms with E-state index < -0.39 is 88.7 Å². The van der Waals surface area contributed by atoms with Crippen molar-refractivity contribution in [1.29, 1.82) is 0 Å². The number of likely N-dealkylation sites (tertiary alicyclic amines) is 1. The molecule has 3 aromatic carbocycles. The van der Waals surface area contributed by atoms with Gasteiger partial charge in [0.15, 0.2) is 23.4 Å². The molecule has 318 valence electrons. The summed E-state index contributed by atoms with van der Waals surface area (Å²) >= 11 is 0. The Hall–Kier alpha value is -5.89. The van der Waals surface area contributed by atoms with E-state index in [9.17, 15) is 48.8 Å².